The highest BCUT2D eigenvalue weighted by molar-refractivity contribution is 6.73. The van der Waals surface area contributed by atoms with Crippen LogP contribution in [0, 0.1) is 6.92 Å². The van der Waals surface area contributed by atoms with Crippen LogP contribution >= 0.6 is 0 Å². The van der Waals surface area contributed by atoms with Gasteiger partial charge in [0.1, 0.15) is 11.2 Å². The Morgan fingerprint density at radius 1 is 0.613 bits per heavy atom. The number of aromatic nitrogens is 1. The van der Waals surface area contributed by atoms with Crippen molar-refractivity contribution in [1.29, 1.82) is 0 Å². The molecule has 1 N–H and O–H groups in total. The molecular formula is C58H55BN2O. The topological polar surface area (TPSA) is 30.1 Å². The smallest absolute Gasteiger partial charge is 0.198 e. The summed E-state index contributed by atoms with van der Waals surface area (Å²) >= 11 is 0. The van der Waals surface area contributed by atoms with E-state index in [0.717, 1.165) is 24.1 Å². The van der Waals surface area contributed by atoms with Crippen LogP contribution < -0.4 is 16.2 Å². The Morgan fingerprint density at radius 2 is 1.32 bits per heavy atom. The van der Waals surface area contributed by atoms with E-state index in [1.54, 1.807) is 0 Å². The number of furan rings is 1. The normalized spacial score (nSPS) is 16.6. The van der Waals surface area contributed by atoms with E-state index in [1.165, 1.54) is 123 Å². The van der Waals surface area contributed by atoms with Crippen molar-refractivity contribution in [2.45, 2.75) is 104 Å². The number of hydrogen-bond acceptors (Lipinski definition) is 2. The van der Waals surface area contributed by atoms with E-state index in [0.29, 0.717) is 0 Å². The Labute approximate surface area is 366 Å². The van der Waals surface area contributed by atoms with Gasteiger partial charge < -0.3 is 14.3 Å². The molecule has 12 rings (SSSR count). The number of nitrogens with one attached hydrogen (secondary N) is 1. The molecule has 0 saturated heterocycles. The fourth-order valence-corrected chi connectivity index (χ4v) is 11.8. The number of para-hydroxylation sites is 1. The van der Waals surface area contributed by atoms with E-state index in [2.05, 4.69) is 194 Å². The minimum Gasteiger partial charge on any atom is -0.456 e. The Kier molecular flexibility index (Phi) is 7.51. The molecule has 1 aliphatic heterocycles. The number of benzene rings is 7. The molecule has 7 aromatic carbocycles. The van der Waals surface area contributed by atoms with Gasteiger partial charge >= 0.3 is 0 Å². The maximum absolute atomic E-state index is 6.63. The Hall–Kier alpha value is -6.00. The summed E-state index contributed by atoms with van der Waals surface area (Å²) in [5, 5.41) is 8.99. The molecule has 0 spiro atoms. The fourth-order valence-electron chi connectivity index (χ4n) is 11.8. The number of rotatable bonds is 3. The zero-order chi connectivity index (χ0) is 42.8. The monoisotopic (exact) mass is 806 g/mol. The van der Waals surface area contributed by atoms with Gasteiger partial charge in [-0.2, -0.15) is 0 Å². The minimum absolute atomic E-state index is 0.0575. The van der Waals surface area contributed by atoms with Gasteiger partial charge in [-0.25, -0.2) is 0 Å². The average molecular weight is 807 g/mol. The van der Waals surface area contributed by atoms with Crippen molar-refractivity contribution in [3.8, 4) is 27.9 Å². The molecule has 3 heterocycles. The number of fused-ring (bicyclic) bond motifs is 12. The molecule has 0 saturated carbocycles. The third kappa shape index (κ3) is 5.19. The fraction of sp³-hybridized carbons (Fsp3) is 0.276. The zero-order valence-electron chi connectivity index (χ0n) is 37.9. The lowest BCUT2D eigenvalue weighted by Crippen LogP contribution is -2.38. The predicted molar refractivity (Wildman–Crippen MR) is 266 cm³/mol. The third-order valence-electron chi connectivity index (χ3n) is 15.5. The van der Waals surface area contributed by atoms with Crippen LogP contribution in [0.2, 0.25) is 0 Å². The van der Waals surface area contributed by atoms with Crippen molar-refractivity contribution >= 4 is 73.3 Å². The summed E-state index contributed by atoms with van der Waals surface area (Å²) in [6.07, 6.45) is 2.33. The van der Waals surface area contributed by atoms with E-state index >= 15 is 0 Å². The van der Waals surface area contributed by atoms with Crippen molar-refractivity contribution in [2.24, 2.45) is 0 Å². The van der Waals surface area contributed by atoms with Gasteiger partial charge in [-0.1, -0.05) is 135 Å². The molecule has 3 aliphatic rings. The van der Waals surface area contributed by atoms with Gasteiger partial charge in [-0.05, 0) is 134 Å². The lowest BCUT2D eigenvalue weighted by atomic mass is 9.57. The van der Waals surface area contributed by atoms with Gasteiger partial charge in [0.15, 0.2) is 7.28 Å². The number of anilines is 2. The van der Waals surface area contributed by atoms with Gasteiger partial charge in [0.2, 0.25) is 0 Å². The molecule has 0 atom stereocenters. The van der Waals surface area contributed by atoms with E-state index < -0.39 is 0 Å². The first-order valence-corrected chi connectivity index (χ1v) is 22.8. The second kappa shape index (κ2) is 12.3. The molecular weight excluding hydrogens is 751 g/mol. The van der Waals surface area contributed by atoms with E-state index in [4.69, 9.17) is 4.42 Å². The highest BCUT2D eigenvalue weighted by Gasteiger charge is 2.40. The summed E-state index contributed by atoms with van der Waals surface area (Å²) in [7, 11) is 0.846. The van der Waals surface area contributed by atoms with Gasteiger partial charge in [-0.15, -0.1) is 0 Å². The van der Waals surface area contributed by atoms with Gasteiger partial charge in [0.25, 0.3) is 0 Å². The van der Waals surface area contributed by atoms with Crippen LogP contribution in [0.3, 0.4) is 0 Å². The van der Waals surface area contributed by atoms with Crippen LogP contribution in [0.4, 0.5) is 11.4 Å². The quantitative estimate of drug-likeness (QED) is 0.180. The van der Waals surface area contributed by atoms with E-state index in [-0.39, 0.29) is 21.7 Å². The Morgan fingerprint density at radius 3 is 2.08 bits per heavy atom. The van der Waals surface area contributed by atoms with E-state index in [1.807, 2.05) is 0 Å². The molecule has 0 radical (unpaired) electrons. The molecule has 2 aliphatic carbocycles. The first kappa shape index (κ1) is 37.7. The van der Waals surface area contributed by atoms with E-state index in [9.17, 15) is 0 Å². The average Bonchev–Trinajstić information content (AvgIpc) is 3.85. The highest BCUT2D eigenvalue weighted by atomic mass is 16.3. The molecule has 306 valence electrons. The molecule has 0 bridgehead atoms. The maximum Gasteiger partial charge on any atom is 0.198 e. The van der Waals surface area contributed by atoms with Crippen molar-refractivity contribution < 1.29 is 4.42 Å². The minimum atomic E-state index is -0.109. The van der Waals surface area contributed by atoms with Crippen LogP contribution in [-0.4, -0.2) is 11.8 Å². The third-order valence-corrected chi connectivity index (χ3v) is 15.5. The van der Waals surface area contributed by atoms with Crippen molar-refractivity contribution in [2.75, 3.05) is 5.32 Å². The van der Waals surface area contributed by atoms with Crippen molar-refractivity contribution in [1.82, 2.24) is 4.57 Å². The zero-order valence-corrected chi connectivity index (χ0v) is 37.9. The van der Waals surface area contributed by atoms with Gasteiger partial charge in [-0.3, -0.25) is 0 Å². The molecule has 4 heteroatoms. The summed E-state index contributed by atoms with van der Waals surface area (Å²) < 4.78 is 9.25. The second-order valence-electron chi connectivity index (χ2n) is 21.8. The predicted octanol–water partition coefficient (Wildman–Crippen LogP) is 14.1. The van der Waals surface area contributed by atoms with Crippen molar-refractivity contribution in [3.05, 3.63) is 149 Å². The molecule has 2 aromatic heterocycles. The molecule has 9 aromatic rings. The number of hydrogen-bond donors (Lipinski definition) is 1. The van der Waals surface area contributed by atoms with Crippen LogP contribution in [-0.2, 0) is 21.7 Å². The highest BCUT2D eigenvalue weighted by Crippen LogP contribution is 2.52. The molecule has 0 unspecified atom stereocenters. The molecule has 0 amide bonds. The largest absolute Gasteiger partial charge is 0.456 e. The van der Waals surface area contributed by atoms with Crippen LogP contribution in [0.1, 0.15) is 109 Å². The molecule has 0 fully saturated rings. The SMILES string of the molecule is Cc1cc(-c2cc3c(cc2Nc2ccc(C(C)(C)C)cc2)C(C)(C)CCC3(C)C)c2c3c1c1cc4c(cc1n3-c1cc3c(cc1B2)-c1ccccc1C3(C)C)oc1ccccc14. The lowest BCUT2D eigenvalue weighted by Gasteiger charge is -2.42. The summed E-state index contributed by atoms with van der Waals surface area (Å²) in [6, 6.07) is 44.1. The number of nitrogens with zero attached hydrogens (tertiary/aromatic N) is 1. The van der Waals surface area contributed by atoms with Crippen molar-refractivity contribution in [3.63, 3.8) is 0 Å². The first-order chi connectivity index (χ1) is 29.5. The number of aryl methyl sites for hydroxylation is 1. The molecule has 3 nitrogen and oxygen atoms in total. The molecule has 62 heavy (non-hydrogen) atoms. The van der Waals surface area contributed by atoms with Crippen LogP contribution in [0.5, 0.6) is 0 Å². The first-order valence-electron chi connectivity index (χ1n) is 22.8. The summed E-state index contributed by atoms with van der Waals surface area (Å²) in [6.45, 7) is 23.8. The second-order valence-corrected chi connectivity index (χ2v) is 21.8. The summed E-state index contributed by atoms with van der Waals surface area (Å²) in [4.78, 5) is 0. The Balaban J connectivity index is 1.18. The summed E-state index contributed by atoms with van der Waals surface area (Å²) in [5.41, 5.74) is 24.5. The summed E-state index contributed by atoms with van der Waals surface area (Å²) in [5.74, 6) is 0. The van der Waals surface area contributed by atoms with Crippen LogP contribution in [0.15, 0.2) is 120 Å². The maximum atomic E-state index is 6.63. The van der Waals surface area contributed by atoms with Gasteiger partial charge in [0, 0.05) is 61.2 Å². The van der Waals surface area contributed by atoms with Crippen LogP contribution in [0.25, 0.3) is 71.7 Å². The Bertz CT molecular complexity index is 3420. The lowest BCUT2D eigenvalue weighted by molar-refractivity contribution is 0.332. The standard InChI is InChI=1S/C58H55BN2O/c1-32-25-40(38-27-44-45(57(7,8)24-23-56(44,5)6)29-47(38)60-34-21-19-33(20-22-34)55(2,3)4)53-54-52(32)41-26-39-36-16-12-14-18-50(36)62-51(39)31-48(41)61(54)49-30-43-37(28-46(49)59-53)35-15-11-13-17-42(35)58(43,9)10/h11-22,25-31,59-60H,23-24H2,1-10H3. The van der Waals surface area contributed by atoms with Gasteiger partial charge in [0.05, 0.1) is 5.52 Å².